The van der Waals surface area contributed by atoms with Crippen LogP contribution in [-0.2, 0) is 6.42 Å². The fourth-order valence-electron chi connectivity index (χ4n) is 1.23. The van der Waals surface area contributed by atoms with Crippen LogP contribution in [0.1, 0.15) is 5.56 Å². The molecule has 2 atom stereocenters. The molecule has 1 rings (SSSR count). The Kier molecular flexibility index (Phi) is 4.33. The molecule has 0 aliphatic rings. The molecule has 16 heavy (non-hydrogen) atoms. The summed E-state index contributed by atoms with van der Waals surface area (Å²) in [5.74, 6) is 0. The van der Waals surface area contributed by atoms with Crippen LogP contribution in [0.5, 0.6) is 0 Å². The number of hydrogen-bond donors (Lipinski definition) is 2. The molecule has 0 aliphatic carbocycles. The van der Waals surface area contributed by atoms with Crippen LogP contribution in [0.4, 0.5) is 10.1 Å². The maximum Gasteiger partial charge on any atom is 0.269 e. The fraction of sp³-hybridized carbons (Fsp3) is 0.400. The average molecular weight is 229 g/mol. The molecular weight excluding hydrogens is 217 g/mol. The number of nitrogens with zero attached hydrogens (tertiary/aromatic N) is 1. The highest BCUT2D eigenvalue weighted by Gasteiger charge is 2.16. The first-order valence-corrected chi connectivity index (χ1v) is 4.70. The van der Waals surface area contributed by atoms with E-state index >= 15 is 0 Å². The second-order valence-electron chi connectivity index (χ2n) is 3.42. The van der Waals surface area contributed by atoms with Crippen LogP contribution < -0.4 is 0 Å². The number of halogens is 1. The van der Waals surface area contributed by atoms with E-state index in [1.165, 1.54) is 24.3 Å². The zero-order valence-electron chi connectivity index (χ0n) is 8.41. The van der Waals surface area contributed by atoms with Crippen molar-refractivity contribution in [2.75, 3.05) is 6.67 Å². The Bertz CT molecular complexity index is 354. The standard InChI is InChI=1S/C10H12FNO4/c11-6-10(14)9(13)5-7-1-3-8(4-2-7)12(15)16/h1-4,9-10,13-14H,5-6H2. The molecule has 0 saturated heterocycles. The van der Waals surface area contributed by atoms with Crippen molar-refractivity contribution in [3.05, 3.63) is 39.9 Å². The van der Waals surface area contributed by atoms with Gasteiger partial charge in [-0.3, -0.25) is 10.1 Å². The summed E-state index contributed by atoms with van der Waals surface area (Å²) in [6.45, 7) is -1.02. The minimum absolute atomic E-state index is 0.0516. The molecule has 2 N–H and O–H groups in total. The van der Waals surface area contributed by atoms with Crippen molar-refractivity contribution in [3.63, 3.8) is 0 Å². The zero-order chi connectivity index (χ0) is 12.1. The number of non-ortho nitro benzene ring substituents is 1. The van der Waals surface area contributed by atoms with Crippen LogP contribution in [0.15, 0.2) is 24.3 Å². The predicted molar refractivity (Wildman–Crippen MR) is 54.8 cm³/mol. The van der Waals surface area contributed by atoms with Gasteiger partial charge in [0.25, 0.3) is 5.69 Å². The van der Waals surface area contributed by atoms with Gasteiger partial charge >= 0.3 is 0 Å². The lowest BCUT2D eigenvalue weighted by Gasteiger charge is -2.14. The Balaban J connectivity index is 2.65. The maximum atomic E-state index is 12.0. The number of alkyl halides is 1. The monoisotopic (exact) mass is 229 g/mol. The summed E-state index contributed by atoms with van der Waals surface area (Å²) in [7, 11) is 0. The Labute approximate surface area is 91.3 Å². The van der Waals surface area contributed by atoms with Crippen LogP contribution in [0.2, 0.25) is 0 Å². The maximum absolute atomic E-state index is 12.0. The molecule has 0 heterocycles. The molecule has 0 amide bonds. The summed E-state index contributed by atoms with van der Waals surface area (Å²) >= 11 is 0. The van der Waals surface area contributed by atoms with E-state index in [9.17, 15) is 19.6 Å². The summed E-state index contributed by atoms with van der Waals surface area (Å²) in [5, 5.41) is 28.7. The van der Waals surface area contributed by atoms with Crippen LogP contribution >= 0.6 is 0 Å². The third kappa shape index (κ3) is 3.25. The molecule has 1 aromatic rings. The van der Waals surface area contributed by atoms with Gasteiger partial charge in [-0.15, -0.1) is 0 Å². The molecule has 88 valence electrons. The largest absolute Gasteiger partial charge is 0.390 e. The predicted octanol–water partition coefficient (Wildman–Crippen LogP) is 0.829. The Morgan fingerprint density at radius 3 is 2.25 bits per heavy atom. The molecule has 0 spiro atoms. The van der Waals surface area contributed by atoms with E-state index in [0.29, 0.717) is 5.56 Å². The van der Waals surface area contributed by atoms with Crippen molar-refractivity contribution in [2.24, 2.45) is 0 Å². The van der Waals surface area contributed by atoms with Crippen LogP contribution in [-0.4, -0.2) is 34.0 Å². The number of aliphatic hydroxyl groups excluding tert-OH is 2. The van der Waals surface area contributed by atoms with Gasteiger partial charge in [0.1, 0.15) is 12.8 Å². The first kappa shape index (κ1) is 12.5. The molecule has 0 fully saturated rings. The average Bonchev–Trinajstić information content (AvgIpc) is 2.28. The van der Waals surface area contributed by atoms with Crippen molar-refractivity contribution in [2.45, 2.75) is 18.6 Å². The number of hydrogen-bond acceptors (Lipinski definition) is 4. The van der Waals surface area contributed by atoms with Gasteiger partial charge in [-0.05, 0) is 5.56 Å². The Hall–Kier alpha value is -1.53. The summed E-state index contributed by atoms with van der Waals surface area (Å²) in [6.07, 6.45) is -2.56. The molecule has 0 aromatic heterocycles. The topological polar surface area (TPSA) is 83.6 Å². The van der Waals surface area contributed by atoms with Gasteiger partial charge in [0.2, 0.25) is 0 Å². The van der Waals surface area contributed by atoms with Gasteiger partial charge in [0, 0.05) is 18.6 Å². The van der Waals surface area contributed by atoms with Crippen molar-refractivity contribution in [1.82, 2.24) is 0 Å². The minimum atomic E-state index is -1.42. The number of nitro groups is 1. The van der Waals surface area contributed by atoms with Crippen LogP contribution in [0.25, 0.3) is 0 Å². The lowest BCUT2D eigenvalue weighted by molar-refractivity contribution is -0.384. The summed E-state index contributed by atoms with van der Waals surface area (Å²) in [4.78, 5) is 9.82. The van der Waals surface area contributed by atoms with Crippen molar-refractivity contribution in [3.8, 4) is 0 Å². The van der Waals surface area contributed by atoms with Gasteiger partial charge in [0.15, 0.2) is 0 Å². The van der Waals surface area contributed by atoms with E-state index in [4.69, 9.17) is 5.11 Å². The van der Waals surface area contributed by atoms with Gasteiger partial charge in [-0.1, -0.05) is 12.1 Å². The lowest BCUT2D eigenvalue weighted by Crippen LogP contribution is -2.29. The molecule has 0 aliphatic heterocycles. The van der Waals surface area contributed by atoms with Crippen LogP contribution in [0, 0.1) is 10.1 Å². The number of rotatable bonds is 5. The van der Waals surface area contributed by atoms with Gasteiger partial charge in [-0.2, -0.15) is 0 Å². The molecule has 6 heteroatoms. The molecule has 0 saturated carbocycles. The highest BCUT2D eigenvalue weighted by molar-refractivity contribution is 5.33. The van der Waals surface area contributed by atoms with E-state index in [2.05, 4.69) is 0 Å². The number of aliphatic hydroxyl groups is 2. The quantitative estimate of drug-likeness (QED) is 0.578. The Morgan fingerprint density at radius 2 is 1.81 bits per heavy atom. The fourth-order valence-corrected chi connectivity index (χ4v) is 1.23. The van der Waals surface area contributed by atoms with E-state index in [1.807, 2.05) is 0 Å². The van der Waals surface area contributed by atoms with Crippen molar-refractivity contribution in [1.29, 1.82) is 0 Å². The lowest BCUT2D eigenvalue weighted by atomic mass is 10.0. The molecular formula is C10H12FNO4. The van der Waals surface area contributed by atoms with Gasteiger partial charge < -0.3 is 10.2 Å². The van der Waals surface area contributed by atoms with E-state index in [-0.39, 0.29) is 12.1 Å². The van der Waals surface area contributed by atoms with Crippen molar-refractivity contribution >= 4 is 5.69 Å². The molecule has 5 nitrogen and oxygen atoms in total. The SMILES string of the molecule is O=[N+]([O-])c1ccc(CC(O)C(O)CF)cc1. The highest BCUT2D eigenvalue weighted by Crippen LogP contribution is 2.14. The van der Waals surface area contributed by atoms with Gasteiger partial charge in [-0.25, -0.2) is 4.39 Å². The number of benzene rings is 1. The molecule has 0 radical (unpaired) electrons. The normalized spacial score (nSPS) is 14.4. The second-order valence-corrected chi connectivity index (χ2v) is 3.42. The van der Waals surface area contributed by atoms with E-state index in [1.54, 1.807) is 0 Å². The van der Waals surface area contributed by atoms with E-state index < -0.39 is 23.8 Å². The molecule has 2 unspecified atom stereocenters. The van der Waals surface area contributed by atoms with Gasteiger partial charge in [0.05, 0.1) is 11.0 Å². The van der Waals surface area contributed by atoms with Crippen LogP contribution in [0.3, 0.4) is 0 Å². The Morgan fingerprint density at radius 1 is 1.25 bits per heavy atom. The highest BCUT2D eigenvalue weighted by atomic mass is 19.1. The minimum Gasteiger partial charge on any atom is -0.390 e. The summed E-state index contributed by atoms with van der Waals surface area (Å²) < 4.78 is 12.0. The third-order valence-corrected chi connectivity index (χ3v) is 2.19. The smallest absolute Gasteiger partial charge is 0.269 e. The molecule has 0 bridgehead atoms. The zero-order valence-corrected chi connectivity index (χ0v) is 8.41. The summed E-state index contributed by atoms with van der Waals surface area (Å²) in [5.41, 5.74) is 0.551. The third-order valence-electron chi connectivity index (χ3n) is 2.19. The summed E-state index contributed by atoms with van der Waals surface area (Å²) in [6, 6.07) is 5.52. The van der Waals surface area contributed by atoms with Crippen molar-refractivity contribution < 1.29 is 19.5 Å². The molecule has 1 aromatic carbocycles. The van der Waals surface area contributed by atoms with E-state index in [0.717, 1.165) is 0 Å². The second kappa shape index (κ2) is 5.53. The first-order chi connectivity index (χ1) is 7.54. The number of nitro benzene ring substituents is 1. The first-order valence-electron chi connectivity index (χ1n) is 4.70.